The molecule has 1 atom stereocenters. The molecule has 2 aromatic rings. The lowest BCUT2D eigenvalue weighted by Gasteiger charge is -2.25. The Labute approximate surface area is 162 Å². The lowest BCUT2D eigenvalue weighted by atomic mass is 9.91. The van der Waals surface area contributed by atoms with E-state index < -0.39 is 4.92 Å². The number of halogens is 1. The molecule has 3 rings (SSSR count). The molecule has 0 radical (unpaired) electrons. The highest BCUT2D eigenvalue weighted by Crippen LogP contribution is 2.38. The molecule has 1 amide bonds. The fourth-order valence-electron chi connectivity index (χ4n) is 3.68. The van der Waals surface area contributed by atoms with E-state index in [4.69, 9.17) is 11.6 Å². The lowest BCUT2D eigenvalue weighted by Crippen LogP contribution is -2.32. The molecular formula is C20H21ClN2O4. The van der Waals surface area contributed by atoms with Crippen LogP contribution in [0.5, 0.6) is 0 Å². The van der Waals surface area contributed by atoms with E-state index in [0.717, 1.165) is 24.1 Å². The number of rotatable bonds is 4. The number of nitro benzene ring substituents is 1. The first kappa shape index (κ1) is 19.3. The summed E-state index contributed by atoms with van der Waals surface area (Å²) in [7, 11) is 0. The van der Waals surface area contributed by atoms with E-state index in [-0.39, 0.29) is 24.1 Å². The van der Waals surface area contributed by atoms with E-state index in [1.54, 1.807) is 17.9 Å². The summed E-state index contributed by atoms with van der Waals surface area (Å²) < 4.78 is 0. The van der Waals surface area contributed by atoms with Crippen molar-refractivity contribution in [1.82, 2.24) is 0 Å². The van der Waals surface area contributed by atoms with Crippen LogP contribution in [0.15, 0.2) is 36.4 Å². The zero-order chi connectivity index (χ0) is 19.6. The van der Waals surface area contributed by atoms with Gasteiger partial charge in [0.05, 0.1) is 4.92 Å². The van der Waals surface area contributed by atoms with Crippen LogP contribution in [0.1, 0.15) is 46.7 Å². The van der Waals surface area contributed by atoms with E-state index in [9.17, 15) is 20.0 Å². The Morgan fingerprint density at radius 3 is 2.78 bits per heavy atom. The summed E-state index contributed by atoms with van der Waals surface area (Å²) in [5.41, 5.74) is 2.73. The second-order valence-electron chi connectivity index (χ2n) is 6.77. The Morgan fingerprint density at radius 1 is 1.33 bits per heavy atom. The second-order valence-corrected chi connectivity index (χ2v) is 7.20. The molecule has 6 nitrogen and oxygen atoms in total. The van der Waals surface area contributed by atoms with Crippen LogP contribution in [-0.2, 0) is 0 Å². The van der Waals surface area contributed by atoms with Crippen LogP contribution in [0.3, 0.4) is 0 Å². The average molecular weight is 389 g/mol. The first-order chi connectivity index (χ1) is 12.9. The molecule has 1 aliphatic heterocycles. The molecule has 1 unspecified atom stereocenters. The van der Waals surface area contributed by atoms with Crippen LogP contribution >= 0.6 is 11.6 Å². The molecule has 1 heterocycles. The Hall–Kier alpha value is -2.44. The van der Waals surface area contributed by atoms with Crippen molar-refractivity contribution in [1.29, 1.82) is 0 Å². The highest BCUT2D eigenvalue weighted by Gasteiger charge is 2.28. The fourth-order valence-corrected chi connectivity index (χ4v) is 3.86. The molecular weight excluding hydrogens is 368 g/mol. The van der Waals surface area contributed by atoms with Crippen molar-refractivity contribution < 1.29 is 14.8 Å². The third-order valence-corrected chi connectivity index (χ3v) is 5.26. The van der Waals surface area contributed by atoms with E-state index in [1.807, 2.05) is 12.1 Å². The third-order valence-electron chi connectivity index (χ3n) is 5.03. The van der Waals surface area contributed by atoms with Gasteiger partial charge < -0.3 is 10.0 Å². The number of amides is 1. The van der Waals surface area contributed by atoms with Gasteiger partial charge in [-0.1, -0.05) is 11.6 Å². The van der Waals surface area contributed by atoms with Crippen molar-refractivity contribution in [2.45, 2.75) is 32.1 Å². The van der Waals surface area contributed by atoms with Crippen molar-refractivity contribution >= 4 is 28.9 Å². The molecule has 0 aromatic heterocycles. The molecule has 1 aliphatic rings. The third kappa shape index (κ3) is 3.96. The molecule has 0 aliphatic carbocycles. The SMILES string of the molecule is Cc1cc([N+](=O)[O-])ccc1C(=O)N1CCCC(CCO)c2cc(Cl)ccc21. The van der Waals surface area contributed by atoms with Crippen molar-refractivity contribution in [2.75, 3.05) is 18.1 Å². The van der Waals surface area contributed by atoms with Gasteiger partial charge in [0.25, 0.3) is 11.6 Å². The summed E-state index contributed by atoms with van der Waals surface area (Å²) in [5, 5.41) is 20.9. The first-order valence-electron chi connectivity index (χ1n) is 8.89. The van der Waals surface area contributed by atoms with Gasteiger partial charge in [-0.25, -0.2) is 0 Å². The van der Waals surface area contributed by atoms with Crippen LogP contribution < -0.4 is 4.90 Å². The molecule has 142 valence electrons. The topological polar surface area (TPSA) is 83.7 Å². The molecule has 27 heavy (non-hydrogen) atoms. The van der Waals surface area contributed by atoms with Gasteiger partial charge in [-0.2, -0.15) is 0 Å². The fraction of sp³-hybridized carbons (Fsp3) is 0.350. The summed E-state index contributed by atoms with van der Waals surface area (Å²) in [6.45, 7) is 2.33. The van der Waals surface area contributed by atoms with Crippen LogP contribution in [0.25, 0.3) is 0 Å². The van der Waals surface area contributed by atoms with E-state index >= 15 is 0 Å². The molecule has 2 aromatic carbocycles. The normalized spacial score (nSPS) is 16.6. The lowest BCUT2D eigenvalue weighted by molar-refractivity contribution is -0.384. The zero-order valence-corrected chi connectivity index (χ0v) is 15.8. The summed E-state index contributed by atoms with van der Waals surface area (Å²) in [6.07, 6.45) is 2.28. The Balaban J connectivity index is 2.02. The van der Waals surface area contributed by atoms with E-state index in [2.05, 4.69) is 0 Å². The molecule has 1 N–H and O–H groups in total. The van der Waals surface area contributed by atoms with Gasteiger partial charge in [-0.3, -0.25) is 14.9 Å². The summed E-state index contributed by atoms with van der Waals surface area (Å²) in [4.78, 5) is 25.4. The van der Waals surface area contributed by atoms with Gasteiger partial charge in [-0.15, -0.1) is 0 Å². The van der Waals surface area contributed by atoms with E-state index in [0.29, 0.717) is 29.1 Å². The monoisotopic (exact) mass is 388 g/mol. The minimum atomic E-state index is -0.468. The number of carbonyl (C=O) groups excluding carboxylic acids is 1. The number of aryl methyl sites for hydroxylation is 1. The van der Waals surface area contributed by atoms with Gasteiger partial charge >= 0.3 is 0 Å². The second kappa shape index (κ2) is 8.06. The highest BCUT2D eigenvalue weighted by atomic mass is 35.5. The number of non-ortho nitro benzene ring substituents is 1. The number of aliphatic hydroxyl groups excluding tert-OH is 1. The van der Waals surface area contributed by atoms with Crippen LogP contribution in [0.2, 0.25) is 5.02 Å². The number of carbonyl (C=O) groups is 1. The predicted molar refractivity (Wildman–Crippen MR) is 105 cm³/mol. The number of nitro groups is 1. The number of hydrogen-bond donors (Lipinski definition) is 1. The number of nitrogens with zero attached hydrogens (tertiary/aromatic N) is 2. The first-order valence-corrected chi connectivity index (χ1v) is 9.27. The van der Waals surface area contributed by atoms with E-state index in [1.165, 1.54) is 18.2 Å². The molecule has 0 saturated heterocycles. The minimum absolute atomic E-state index is 0.0323. The summed E-state index contributed by atoms with van der Waals surface area (Å²) >= 11 is 6.18. The predicted octanol–water partition coefficient (Wildman–Crippen LogP) is 4.46. The van der Waals surface area contributed by atoms with Crippen LogP contribution in [0.4, 0.5) is 11.4 Å². The number of fused-ring (bicyclic) bond motifs is 1. The zero-order valence-electron chi connectivity index (χ0n) is 15.0. The molecule has 7 heteroatoms. The standard InChI is InChI=1S/C20H21ClN2O4/c1-13-11-16(23(26)27)5-6-17(13)20(25)22-9-2-3-14(8-10-24)18-12-15(21)4-7-19(18)22/h4-7,11-12,14,24H,2-3,8-10H2,1H3. The van der Waals surface area contributed by atoms with Gasteiger partial charge in [0, 0.05) is 41.6 Å². The quantitative estimate of drug-likeness (QED) is 0.619. The van der Waals surface area contributed by atoms with Crippen molar-refractivity contribution in [3.63, 3.8) is 0 Å². The van der Waals surface area contributed by atoms with Crippen molar-refractivity contribution in [2.24, 2.45) is 0 Å². The molecule has 0 saturated carbocycles. The van der Waals surface area contributed by atoms with Crippen molar-refractivity contribution in [3.05, 3.63) is 68.2 Å². The number of benzene rings is 2. The van der Waals surface area contributed by atoms with Crippen molar-refractivity contribution in [3.8, 4) is 0 Å². The van der Waals surface area contributed by atoms with Gasteiger partial charge in [0.15, 0.2) is 0 Å². The minimum Gasteiger partial charge on any atom is -0.396 e. The summed E-state index contributed by atoms with van der Waals surface area (Å²) in [6, 6.07) is 9.75. The maximum atomic E-state index is 13.2. The average Bonchev–Trinajstić information content (AvgIpc) is 2.81. The Kier molecular flexibility index (Phi) is 5.77. The van der Waals surface area contributed by atoms with Crippen LogP contribution in [-0.4, -0.2) is 29.1 Å². The number of hydrogen-bond acceptors (Lipinski definition) is 4. The highest BCUT2D eigenvalue weighted by molar-refractivity contribution is 6.30. The largest absolute Gasteiger partial charge is 0.396 e. The molecule has 0 bridgehead atoms. The number of aliphatic hydroxyl groups is 1. The van der Waals surface area contributed by atoms with Crippen LogP contribution in [0, 0.1) is 17.0 Å². The number of anilines is 1. The van der Waals surface area contributed by atoms with Gasteiger partial charge in [-0.05, 0) is 67.5 Å². The smallest absolute Gasteiger partial charge is 0.269 e. The van der Waals surface area contributed by atoms with Gasteiger partial charge in [0.2, 0.25) is 0 Å². The maximum Gasteiger partial charge on any atom is 0.269 e. The van der Waals surface area contributed by atoms with Gasteiger partial charge in [0.1, 0.15) is 0 Å². The molecule has 0 fully saturated rings. The summed E-state index contributed by atoms with van der Waals surface area (Å²) in [5.74, 6) is -0.0462. The Bertz CT molecular complexity index is 884. The molecule has 0 spiro atoms. The Morgan fingerprint density at radius 2 is 2.11 bits per heavy atom. The maximum absolute atomic E-state index is 13.2.